The minimum atomic E-state index is -5.08. The molecule has 0 spiro atoms. The summed E-state index contributed by atoms with van der Waals surface area (Å²) in [6.07, 6.45) is -3.34. The van der Waals surface area contributed by atoms with E-state index in [1.54, 1.807) is 30.9 Å². The van der Waals surface area contributed by atoms with Gasteiger partial charge in [-0.2, -0.15) is 18.3 Å². The van der Waals surface area contributed by atoms with Gasteiger partial charge in [0.2, 0.25) is 0 Å². The molecule has 0 bridgehead atoms. The quantitative estimate of drug-likeness (QED) is 0.560. The monoisotopic (exact) mass is 484 g/mol. The van der Waals surface area contributed by atoms with Gasteiger partial charge in [-0.25, -0.2) is 13.2 Å². The number of halogens is 3. The molecule has 2 aliphatic heterocycles. The largest absolute Gasteiger partial charge is 0.490 e. The number of hydrogen-bond acceptors (Lipinski definition) is 7. The van der Waals surface area contributed by atoms with E-state index in [4.69, 9.17) is 14.6 Å². The van der Waals surface area contributed by atoms with Gasteiger partial charge in [0.1, 0.15) is 5.69 Å². The van der Waals surface area contributed by atoms with E-state index in [1.807, 2.05) is 0 Å². The third-order valence-corrected chi connectivity index (χ3v) is 7.18. The summed E-state index contributed by atoms with van der Waals surface area (Å²) in [5, 5.41) is 14.1. The van der Waals surface area contributed by atoms with Crippen molar-refractivity contribution in [2.45, 2.75) is 19.2 Å². The van der Waals surface area contributed by atoms with Crippen molar-refractivity contribution in [2.75, 3.05) is 44.3 Å². The Hall–Kier alpha value is -2.19. The van der Waals surface area contributed by atoms with Gasteiger partial charge >= 0.3 is 12.1 Å². The number of likely N-dealkylation sites (tertiary alicyclic amines) is 1. The number of carboxylic acid groups (broad SMARTS) is 1. The molecule has 0 aromatic carbocycles. The summed E-state index contributed by atoms with van der Waals surface area (Å²) < 4.78 is 62.5. The maximum absolute atomic E-state index is 12.2. The van der Waals surface area contributed by atoms with E-state index in [-0.39, 0.29) is 29.4 Å². The van der Waals surface area contributed by atoms with Crippen LogP contribution in [-0.2, 0) is 26.4 Å². The molecule has 3 rings (SSSR count). The number of rotatable bonds is 7. The molecule has 2 N–H and O–H groups in total. The maximum atomic E-state index is 12.2. The van der Waals surface area contributed by atoms with Crippen molar-refractivity contribution in [1.29, 1.82) is 0 Å². The highest BCUT2D eigenvalue weighted by Crippen LogP contribution is 2.33. The summed E-state index contributed by atoms with van der Waals surface area (Å²) in [4.78, 5) is 23.3. The maximum Gasteiger partial charge on any atom is 0.490 e. The van der Waals surface area contributed by atoms with Crippen molar-refractivity contribution in [3.05, 3.63) is 18.0 Å². The average molecular weight is 484 g/mol. The van der Waals surface area contributed by atoms with Gasteiger partial charge in [-0.05, 0) is 6.07 Å². The molecule has 0 saturated carbocycles. The Kier molecular flexibility index (Phi) is 8.65. The summed E-state index contributed by atoms with van der Waals surface area (Å²) in [5.41, 5.74) is 0.535. The summed E-state index contributed by atoms with van der Waals surface area (Å²) in [6.45, 7) is 5.04. The molecule has 1 aromatic rings. The lowest BCUT2D eigenvalue weighted by atomic mass is 9.93. The Labute approximate surface area is 183 Å². The summed E-state index contributed by atoms with van der Waals surface area (Å²) >= 11 is 0. The highest BCUT2D eigenvalue weighted by Gasteiger charge is 2.43. The van der Waals surface area contributed by atoms with Gasteiger partial charge in [0, 0.05) is 57.0 Å². The first-order valence-electron chi connectivity index (χ1n) is 9.94. The van der Waals surface area contributed by atoms with E-state index >= 15 is 0 Å². The molecule has 0 radical (unpaired) electrons. The zero-order valence-corrected chi connectivity index (χ0v) is 18.5. The molecule has 2 fully saturated rings. The molecular formula is C18H27F3N4O6S. The number of nitrogens with one attached hydrogen (secondary N) is 1. The van der Waals surface area contributed by atoms with E-state index in [0.717, 1.165) is 13.1 Å². The highest BCUT2D eigenvalue weighted by molar-refractivity contribution is 7.91. The Bertz CT molecular complexity index is 905. The van der Waals surface area contributed by atoms with Gasteiger partial charge in [0.05, 0.1) is 18.5 Å². The lowest BCUT2D eigenvalue weighted by molar-refractivity contribution is -0.192. The zero-order valence-electron chi connectivity index (χ0n) is 17.7. The standard InChI is InChI=1S/C16H26N4O4S.C2HF3O2/c1-3-25(22,23)7-6-20-9-13-12(11-24-15(13)10-20)8-17-16(21)14-4-5-18-19(14)2;3-2(4,5)1(6)7/h4-5,12-13,15H,3,6-11H2,1-2H3,(H,17,21);(H,6,7)/t12-,13+,15+;/m0./s1. The molecule has 0 unspecified atom stereocenters. The van der Waals surface area contributed by atoms with Gasteiger partial charge in [-0.3, -0.25) is 14.4 Å². The predicted octanol–water partition coefficient (Wildman–Crippen LogP) is 0.165. The molecule has 32 heavy (non-hydrogen) atoms. The Morgan fingerprint density at radius 2 is 2.00 bits per heavy atom. The number of carbonyl (C=O) groups is 2. The molecule has 3 heterocycles. The van der Waals surface area contributed by atoms with Crippen molar-refractivity contribution in [3.8, 4) is 0 Å². The molecule has 14 heteroatoms. The molecule has 10 nitrogen and oxygen atoms in total. The van der Waals surface area contributed by atoms with Crippen molar-refractivity contribution in [2.24, 2.45) is 18.9 Å². The molecule has 1 amide bonds. The van der Waals surface area contributed by atoms with Crippen LogP contribution < -0.4 is 5.32 Å². The molecule has 3 atom stereocenters. The molecule has 182 valence electrons. The van der Waals surface area contributed by atoms with Crippen LogP contribution in [0.2, 0.25) is 0 Å². The number of carbonyl (C=O) groups excluding carboxylic acids is 1. The molecule has 1 aromatic heterocycles. The first kappa shape index (κ1) is 26.1. The van der Waals surface area contributed by atoms with Gasteiger partial charge < -0.3 is 15.2 Å². The van der Waals surface area contributed by atoms with Crippen LogP contribution in [-0.4, -0.2) is 96.7 Å². The third kappa shape index (κ3) is 7.17. The number of nitrogens with zero attached hydrogens (tertiary/aromatic N) is 3. The fraction of sp³-hybridized carbons (Fsp3) is 0.722. The summed E-state index contributed by atoms with van der Waals surface area (Å²) in [5.74, 6) is -1.90. The molecular weight excluding hydrogens is 457 g/mol. The zero-order chi connectivity index (χ0) is 24.1. The van der Waals surface area contributed by atoms with Crippen LogP contribution in [0.1, 0.15) is 17.4 Å². The number of aryl methyl sites for hydroxylation is 1. The Morgan fingerprint density at radius 3 is 2.53 bits per heavy atom. The first-order chi connectivity index (χ1) is 14.8. The summed E-state index contributed by atoms with van der Waals surface area (Å²) in [6, 6.07) is 1.69. The van der Waals surface area contributed by atoms with Crippen LogP contribution in [0.25, 0.3) is 0 Å². The second-order valence-corrected chi connectivity index (χ2v) is 10.1. The van der Waals surface area contributed by atoms with Gasteiger partial charge in [0.25, 0.3) is 5.91 Å². The normalized spacial score (nSPS) is 23.3. The SMILES string of the molecule is CCS(=O)(=O)CCN1C[C@@H]2[C@@H](CNC(=O)c3ccnn3C)CO[C@@H]2C1.O=C(O)C(F)(F)F. The average Bonchev–Trinajstić information content (AvgIpc) is 3.40. The Morgan fingerprint density at radius 1 is 1.34 bits per heavy atom. The van der Waals surface area contributed by atoms with E-state index in [2.05, 4.69) is 15.3 Å². The number of alkyl halides is 3. The van der Waals surface area contributed by atoms with Crippen molar-refractivity contribution >= 4 is 21.7 Å². The van der Waals surface area contributed by atoms with Gasteiger partial charge in [-0.1, -0.05) is 6.92 Å². The highest BCUT2D eigenvalue weighted by atomic mass is 32.2. The number of fused-ring (bicyclic) bond motifs is 1. The van der Waals surface area contributed by atoms with E-state index < -0.39 is 22.0 Å². The molecule has 2 aliphatic rings. The lowest BCUT2D eigenvalue weighted by Crippen LogP contribution is -2.35. The fourth-order valence-corrected chi connectivity index (χ4v) is 4.42. The number of amides is 1. The Balaban J connectivity index is 0.000000451. The minimum absolute atomic E-state index is 0.132. The second-order valence-electron chi connectivity index (χ2n) is 7.64. The van der Waals surface area contributed by atoms with Crippen LogP contribution in [0.3, 0.4) is 0 Å². The second kappa shape index (κ2) is 10.6. The van der Waals surface area contributed by atoms with Crippen LogP contribution in [0.4, 0.5) is 13.2 Å². The number of carboxylic acids is 1. The number of hydrogen-bond donors (Lipinski definition) is 2. The van der Waals surface area contributed by atoms with Crippen molar-refractivity contribution in [1.82, 2.24) is 20.0 Å². The van der Waals surface area contributed by atoms with Crippen LogP contribution in [0.5, 0.6) is 0 Å². The van der Waals surface area contributed by atoms with E-state index in [1.165, 1.54) is 0 Å². The van der Waals surface area contributed by atoms with Crippen LogP contribution in [0, 0.1) is 11.8 Å². The van der Waals surface area contributed by atoms with Crippen LogP contribution in [0.15, 0.2) is 12.3 Å². The lowest BCUT2D eigenvalue weighted by Gasteiger charge is -2.19. The first-order valence-corrected chi connectivity index (χ1v) is 11.8. The van der Waals surface area contributed by atoms with E-state index in [0.29, 0.717) is 31.3 Å². The van der Waals surface area contributed by atoms with Crippen molar-refractivity contribution in [3.63, 3.8) is 0 Å². The number of sulfone groups is 1. The van der Waals surface area contributed by atoms with Gasteiger partial charge in [0.15, 0.2) is 9.84 Å². The van der Waals surface area contributed by atoms with E-state index in [9.17, 15) is 26.4 Å². The molecule has 2 saturated heterocycles. The summed E-state index contributed by atoms with van der Waals surface area (Å²) in [7, 11) is -1.20. The smallest absolute Gasteiger partial charge is 0.475 e. The predicted molar refractivity (Wildman–Crippen MR) is 107 cm³/mol. The third-order valence-electron chi connectivity index (χ3n) is 5.49. The number of aliphatic carboxylic acids is 1. The molecule has 0 aliphatic carbocycles. The number of ether oxygens (including phenoxy) is 1. The van der Waals surface area contributed by atoms with Gasteiger partial charge in [-0.15, -0.1) is 0 Å². The minimum Gasteiger partial charge on any atom is -0.475 e. The number of aromatic nitrogens is 2. The fourth-order valence-electron chi connectivity index (χ4n) is 3.60. The van der Waals surface area contributed by atoms with Crippen LogP contribution >= 0.6 is 0 Å². The van der Waals surface area contributed by atoms with Crippen molar-refractivity contribution < 1.29 is 41.0 Å². The topological polar surface area (TPSA) is 131 Å².